The number of benzene rings is 2. The fourth-order valence-corrected chi connectivity index (χ4v) is 2.40. The van der Waals surface area contributed by atoms with E-state index in [1.165, 1.54) is 6.07 Å². The van der Waals surface area contributed by atoms with Crippen molar-refractivity contribution in [1.82, 2.24) is 5.32 Å². The highest BCUT2D eigenvalue weighted by molar-refractivity contribution is 6.30. The van der Waals surface area contributed by atoms with Crippen LogP contribution in [0.25, 0.3) is 0 Å². The Morgan fingerprint density at radius 3 is 2.10 bits per heavy atom. The van der Waals surface area contributed by atoms with E-state index >= 15 is 0 Å². The van der Waals surface area contributed by atoms with E-state index in [0.717, 1.165) is 11.1 Å². The highest BCUT2D eigenvalue weighted by Crippen LogP contribution is 2.31. The van der Waals surface area contributed by atoms with Gasteiger partial charge in [-0.15, -0.1) is 0 Å². The lowest BCUT2D eigenvalue weighted by molar-refractivity contribution is 0.392. The minimum absolute atomic E-state index is 0.0996. The minimum atomic E-state index is -0.432. The third kappa shape index (κ3) is 3.46. The molecule has 1 atom stereocenters. The summed E-state index contributed by atoms with van der Waals surface area (Å²) >= 11 is 5.87. The van der Waals surface area contributed by atoms with E-state index < -0.39 is 5.82 Å². The molecule has 0 aliphatic carbocycles. The van der Waals surface area contributed by atoms with Crippen molar-refractivity contribution in [2.24, 2.45) is 0 Å². The Hall–Kier alpha value is -1.78. The van der Waals surface area contributed by atoms with Gasteiger partial charge in [-0.1, -0.05) is 17.7 Å². The number of hydrogen-bond donors (Lipinski definition) is 1. The largest absolute Gasteiger partial charge is 0.497 e. The molecule has 2 rings (SSSR count). The fraction of sp³-hybridized carbons (Fsp3) is 0.250. The van der Waals surface area contributed by atoms with Crippen molar-refractivity contribution in [3.8, 4) is 11.5 Å². The first-order valence-electron chi connectivity index (χ1n) is 6.44. The molecule has 0 saturated heterocycles. The Morgan fingerprint density at radius 2 is 1.62 bits per heavy atom. The van der Waals surface area contributed by atoms with Crippen molar-refractivity contribution in [3.05, 3.63) is 58.4 Å². The summed E-state index contributed by atoms with van der Waals surface area (Å²) in [5.74, 6) is 0.953. The van der Waals surface area contributed by atoms with Crippen LogP contribution in [0.3, 0.4) is 0 Å². The van der Waals surface area contributed by atoms with Gasteiger partial charge in [0.15, 0.2) is 0 Å². The number of halogens is 2. The lowest BCUT2D eigenvalue weighted by atomic mass is 9.98. The summed E-state index contributed by atoms with van der Waals surface area (Å²) in [4.78, 5) is 0. The van der Waals surface area contributed by atoms with Gasteiger partial charge in [0.25, 0.3) is 0 Å². The van der Waals surface area contributed by atoms with Crippen molar-refractivity contribution in [2.45, 2.75) is 6.04 Å². The molecular weight excluding hydrogens is 293 g/mol. The molecule has 0 heterocycles. The molecule has 3 nitrogen and oxygen atoms in total. The molecule has 21 heavy (non-hydrogen) atoms. The number of rotatable bonds is 5. The maximum atomic E-state index is 13.3. The number of methoxy groups -OCH3 is 2. The Balaban J connectivity index is 2.47. The summed E-state index contributed by atoms with van der Waals surface area (Å²) < 4.78 is 23.9. The van der Waals surface area contributed by atoms with E-state index in [-0.39, 0.29) is 11.1 Å². The smallest absolute Gasteiger partial charge is 0.141 e. The second-order valence-electron chi connectivity index (χ2n) is 4.54. The molecule has 0 amide bonds. The molecule has 1 unspecified atom stereocenters. The molecule has 0 aliphatic rings. The van der Waals surface area contributed by atoms with E-state index in [9.17, 15) is 4.39 Å². The predicted molar refractivity (Wildman–Crippen MR) is 81.9 cm³/mol. The van der Waals surface area contributed by atoms with Crippen molar-refractivity contribution in [2.75, 3.05) is 21.3 Å². The zero-order chi connectivity index (χ0) is 15.4. The van der Waals surface area contributed by atoms with Gasteiger partial charge < -0.3 is 14.8 Å². The van der Waals surface area contributed by atoms with Crippen LogP contribution >= 0.6 is 11.6 Å². The maximum absolute atomic E-state index is 13.3. The summed E-state index contributed by atoms with van der Waals surface area (Å²) in [6, 6.07) is 10.1. The highest BCUT2D eigenvalue weighted by Gasteiger charge is 2.16. The maximum Gasteiger partial charge on any atom is 0.141 e. The molecule has 0 bridgehead atoms. The molecule has 0 fully saturated rings. The Labute approximate surface area is 128 Å². The van der Waals surface area contributed by atoms with Gasteiger partial charge >= 0.3 is 0 Å². The van der Waals surface area contributed by atoms with E-state index in [4.69, 9.17) is 21.1 Å². The van der Waals surface area contributed by atoms with Crippen LogP contribution in [-0.4, -0.2) is 21.3 Å². The van der Waals surface area contributed by atoms with Gasteiger partial charge in [0.1, 0.15) is 17.3 Å². The molecule has 1 N–H and O–H groups in total. The van der Waals surface area contributed by atoms with Crippen molar-refractivity contribution in [3.63, 3.8) is 0 Å². The van der Waals surface area contributed by atoms with E-state index in [0.29, 0.717) is 11.5 Å². The van der Waals surface area contributed by atoms with Crippen LogP contribution < -0.4 is 14.8 Å². The second-order valence-corrected chi connectivity index (χ2v) is 4.95. The SMILES string of the molecule is CNC(c1cc(OC)cc(OC)c1)c1ccc(F)c(Cl)c1. The third-order valence-corrected chi connectivity index (χ3v) is 3.56. The first-order valence-corrected chi connectivity index (χ1v) is 6.82. The summed E-state index contributed by atoms with van der Waals surface area (Å²) in [6.07, 6.45) is 0. The topological polar surface area (TPSA) is 30.5 Å². The highest BCUT2D eigenvalue weighted by atomic mass is 35.5. The van der Waals surface area contributed by atoms with Gasteiger partial charge in [0, 0.05) is 6.07 Å². The lowest BCUT2D eigenvalue weighted by Crippen LogP contribution is -2.18. The predicted octanol–water partition coefficient (Wildman–Crippen LogP) is 3.81. The molecule has 0 aliphatic heterocycles. The molecule has 0 radical (unpaired) electrons. The molecule has 0 saturated carbocycles. The summed E-state index contributed by atoms with van der Waals surface area (Å²) in [6.45, 7) is 0. The normalized spacial score (nSPS) is 12.0. The quantitative estimate of drug-likeness (QED) is 0.911. The minimum Gasteiger partial charge on any atom is -0.497 e. The van der Waals surface area contributed by atoms with Crippen LogP contribution in [0.5, 0.6) is 11.5 Å². The molecule has 112 valence electrons. The van der Waals surface area contributed by atoms with E-state index in [1.807, 2.05) is 19.2 Å². The van der Waals surface area contributed by atoms with Crippen molar-refractivity contribution in [1.29, 1.82) is 0 Å². The molecule has 0 aromatic heterocycles. The average molecular weight is 310 g/mol. The van der Waals surface area contributed by atoms with Crippen molar-refractivity contribution >= 4 is 11.6 Å². The van der Waals surface area contributed by atoms with E-state index in [1.54, 1.807) is 32.4 Å². The fourth-order valence-electron chi connectivity index (χ4n) is 2.21. The van der Waals surface area contributed by atoms with Crippen LogP contribution in [0.15, 0.2) is 36.4 Å². The van der Waals surface area contributed by atoms with Gasteiger partial charge in [0.2, 0.25) is 0 Å². The number of nitrogens with one attached hydrogen (secondary N) is 1. The summed E-state index contributed by atoms with van der Waals surface area (Å²) in [5.41, 5.74) is 1.80. The van der Waals surface area contributed by atoms with Crippen LogP contribution in [0.2, 0.25) is 5.02 Å². The molecule has 2 aromatic rings. The molecular formula is C16H17ClFNO2. The van der Waals surface area contributed by atoms with Crippen LogP contribution in [-0.2, 0) is 0 Å². The zero-order valence-electron chi connectivity index (χ0n) is 12.1. The van der Waals surface area contributed by atoms with E-state index in [2.05, 4.69) is 5.32 Å². The van der Waals surface area contributed by atoms with Crippen LogP contribution in [0, 0.1) is 5.82 Å². The van der Waals surface area contributed by atoms with Gasteiger partial charge in [-0.3, -0.25) is 0 Å². The Kier molecular flexibility index (Phi) is 5.04. The molecule has 2 aromatic carbocycles. The van der Waals surface area contributed by atoms with Gasteiger partial charge in [-0.2, -0.15) is 0 Å². The zero-order valence-corrected chi connectivity index (χ0v) is 12.9. The number of ether oxygens (including phenoxy) is 2. The standard InChI is InChI=1S/C16H17ClFNO2/c1-19-16(10-4-5-15(18)14(17)8-10)11-6-12(20-2)9-13(7-11)21-3/h4-9,16,19H,1-3H3. The lowest BCUT2D eigenvalue weighted by Gasteiger charge is -2.19. The first kappa shape index (κ1) is 15.6. The summed E-state index contributed by atoms with van der Waals surface area (Å²) in [5, 5.41) is 3.29. The average Bonchev–Trinajstić information content (AvgIpc) is 2.51. The third-order valence-electron chi connectivity index (χ3n) is 3.27. The Morgan fingerprint density at radius 1 is 1.00 bits per heavy atom. The summed E-state index contributed by atoms with van der Waals surface area (Å²) in [7, 11) is 5.03. The molecule has 5 heteroatoms. The number of hydrogen-bond acceptors (Lipinski definition) is 3. The monoisotopic (exact) mass is 309 g/mol. The van der Waals surface area contributed by atoms with Gasteiger partial charge in [-0.05, 0) is 42.4 Å². The van der Waals surface area contributed by atoms with Crippen molar-refractivity contribution < 1.29 is 13.9 Å². The van der Waals surface area contributed by atoms with Crippen LogP contribution in [0.1, 0.15) is 17.2 Å². The Bertz CT molecular complexity index is 611. The van der Waals surface area contributed by atoms with Gasteiger partial charge in [0.05, 0.1) is 25.3 Å². The molecule has 0 spiro atoms. The van der Waals surface area contributed by atoms with Gasteiger partial charge in [-0.25, -0.2) is 4.39 Å². The first-order chi connectivity index (χ1) is 10.1. The van der Waals surface area contributed by atoms with Crippen LogP contribution in [0.4, 0.5) is 4.39 Å². The second kappa shape index (κ2) is 6.78.